The van der Waals surface area contributed by atoms with Gasteiger partial charge in [0.15, 0.2) is 0 Å². The number of fused-ring (bicyclic) bond motifs is 1. The number of thioether (sulfide) groups is 1. The molecule has 2 heterocycles. The summed E-state index contributed by atoms with van der Waals surface area (Å²) < 4.78 is 5.17. The SMILES string of the molecule is CCC(C)Sc1ccc(C2N[C@@](CC(C)C)(C(=O)OC)C3C(=O)N(CC)C(=O)C23)cc1. The molecule has 1 N–H and O–H groups in total. The van der Waals surface area contributed by atoms with E-state index < -0.39 is 29.4 Å². The summed E-state index contributed by atoms with van der Waals surface area (Å²) in [5, 5.41) is 3.95. The van der Waals surface area contributed by atoms with Gasteiger partial charge in [0.2, 0.25) is 11.8 Å². The molecular formula is C24H34N2O4S. The van der Waals surface area contributed by atoms with Crippen LogP contribution in [-0.2, 0) is 19.1 Å². The highest BCUT2D eigenvalue weighted by atomic mass is 32.2. The molecular weight excluding hydrogens is 412 g/mol. The van der Waals surface area contributed by atoms with Gasteiger partial charge in [-0.3, -0.25) is 24.6 Å². The average Bonchev–Trinajstić information content (AvgIpc) is 3.21. The number of benzene rings is 1. The van der Waals surface area contributed by atoms with Crippen molar-refractivity contribution in [1.29, 1.82) is 0 Å². The third-order valence-corrected chi connectivity index (χ3v) is 7.77. The van der Waals surface area contributed by atoms with E-state index in [-0.39, 0.29) is 17.7 Å². The molecule has 2 amide bonds. The van der Waals surface area contributed by atoms with Gasteiger partial charge in [0, 0.05) is 22.7 Å². The molecule has 6 nitrogen and oxygen atoms in total. The molecule has 0 spiro atoms. The molecule has 2 aliphatic heterocycles. The molecule has 2 aliphatic rings. The Kier molecular flexibility index (Phi) is 7.16. The maximum absolute atomic E-state index is 13.3. The first kappa shape index (κ1) is 23.8. The van der Waals surface area contributed by atoms with Gasteiger partial charge >= 0.3 is 5.97 Å². The van der Waals surface area contributed by atoms with Crippen molar-refractivity contribution < 1.29 is 19.1 Å². The molecule has 0 bridgehead atoms. The molecule has 0 radical (unpaired) electrons. The summed E-state index contributed by atoms with van der Waals surface area (Å²) >= 11 is 1.81. The van der Waals surface area contributed by atoms with Gasteiger partial charge in [-0.05, 0) is 43.4 Å². The van der Waals surface area contributed by atoms with E-state index in [0.29, 0.717) is 18.2 Å². The van der Waals surface area contributed by atoms with Gasteiger partial charge in [-0.25, -0.2) is 0 Å². The molecule has 2 saturated heterocycles. The maximum atomic E-state index is 13.3. The Balaban J connectivity index is 2.04. The Morgan fingerprint density at radius 1 is 1.16 bits per heavy atom. The fraction of sp³-hybridized carbons (Fsp3) is 0.625. The fourth-order valence-corrected chi connectivity index (χ4v) is 5.94. The fourth-order valence-electron chi connectivity index (χ4n) is 5.01. The predicted octanol–water partition coefficient (Wildman–Crippen LogP) is 3.80. The number of carbonyl (C=O) groups is 3. The monoisotopic (exact) mass is 446 g/mol. The van der Waals surface area contributed by atoms with E-state index in [9.17, 15) is 14.4 Å². The normalized spacial score (nSPS) is 28.9. The summed E-state index contributed by atoms with van der Waals surface area (Å²) in [5.74, 6) is -2.18. The molecule has 3 rings (SSSR count). The number of hydrogen-bond acceptors (Lipinski definition) is 6. The summed E-state index contributed by atoms with van der Waals surface area (Å²) in [7, 11) is 1.34. The van der Waals surface area contributed by atoms with E-state index in [0.717, 1.165) is 16.9 Å². The second kappa shape index (κ2) is 9.33. The lowest BCUT2D eigenvalue weighted by Gasteiger charge is -2.33. The zero-order chi connectivity index (χ0) is 22.9. The minimum Gasteiger partial charge on any atom is -0.468 e. The van der Waals surface area contributed by atoms with Gasteiger partial charge in [0.25, 0.3) is 0 Å². The van der Waals surface area contributed by atoms with Crippen LogP contribution >= 0.6 is 11.8 Å². The predicted molar refractivity (Wildman–Crippen MR) is 122 cm³/mol. The van der Waals surface area contributed by atoms with Crippen molar-refractivity contribution in [3.8, 4) is 0 Å². The number of methoxy groups -OCH3 is 1. The topological polar surface area (TPSA) is 75.7 Å². The number of ether oxygens (including phenoxy) is 1. The molecule has 4 unspecified atom stereocenters. The van der Waals surface area contributed by atoms with Crippen molar-refractivity contribution in [2.24, 2.45) is 17.8 Å². The molecule has 0 aliphatic carbocycles. The summed E-state index contributed by atoms with van der Waals surface area (Å²) in [5.41, 5.74) is -0.295. The molecule has 2 fully saturated rings. The maximum Gasteiger partial charge on any atom is 0.326 e. The van der Waals surface area contributed by atoms with Crippen molar-refractivity contribution in [2.75, 3.05) is 13.7 Å². The number of nitrogens with one attached hydrogen (secondary N) is 1. The van der Waals surface area contributed by atoms with Crippen molar-refractivity contribution in [3.05, 3.63) is 29.8 Å². The molecule has 31 heavy (non-hydrogen) atoms. The largest absolute Gasteiger partial charge is 0.468 e. The number of carbonyl (C=O) groups excluding carboxylic acids is 3. The number of hydrogen-bond donors (Lipinski definition) is 1. The smallest absolute Gasteiger partial charge is 0.326 e. The highest BCUT2D eigenvalue weighted by molar-refractivity contribution is 7.99. The van der Waals surface area contributed by atoms with Crippen molar-refractivity contribution >= 4 is 29.5 Å². The van der Waals surface area contributed by atoms with E-state index in [1.54, 1.807) is 6.92 Å². The third kappa shape index (κ3) is 4.14. The van der Waals surface area contributed by atoms with Crippen molar-refractivity contribution in [1.82, 2.24) is 10.2 Å². The Bertz CT molecular complexity index is 840. The van der Waals surface area contributed by atoms with E-state index in [2.05, 4.69) is 31.3 Å². The molecule has 1 aromatic carbocycles. The van der Waals surface area contributed by atoms with Gasteiger partial charge in [-0.2, -0.15) is 0 Å². The standard InChI is InChI=1S/C24H34N2O4S/c1-7-15(5)31-17-11-9-16(10-12-17)20-18-19(22(28)26(8-2)21(18)27)24(25-20,13-14(3)4)23(29)30-6/h9-12,14-15,18-20,25H,7-8,13H2,1-6H3/t15?,18?,19?,20?,24-/m1/s1. The van der Waals surface area contributed by atoms with Crippen LogP contribution in [0.1, 0.15) is 59.1 Å². The van der Waals surface area contributed by atoms with Crippen molar-refractivity contribution in [2.45, 2.75) is 69.2 Å². The Labute approximate surface area is 189 Å². The van der Waals surface area contributed by atoms with E-state index in [1.807, 2.05) is 37.7 Å². The van der Waals surface area contributed by atoms with Gasteiger partial charge in [0.1, 0.15) is 5.54 Å². The molecule has 7 heteroatoms. The van der Waals surface area contributed by atoms with Crippen LogP contribution in [0.4, 0.5) is 0 Å². The van der Waals surface area contributed by atoms with Gasteiger partial charge in [0.05, 0.1) is 18.9 Å². The Hall–Kier alpha value is -1.86. The number of imide groups is 1. The van der Waals surface area contributed by atoms with Crippen LogP contribution in [-0.4, -0.2) is 47.1 Å². The Morgan fingerprint density at radius 3 is 2.32 bits per heavy atom. The average molecular weight is 447 g/mol. The first-order chi connectivity index (χ1) is 14.7. The van der Waals surface area contributed by atoms with Crippen LogP contribution in [0.25, 0.3) is 0 Å². The van der Waals surface area contributed by atoms with E-state index in [4.69, 9.17) is 4.74 Å². The lowest BCUT2D eigenvalue weighted by atomic mass is 9.75. The number of esters is 1. The molecule has 5 atom stereocenters. The van der Waals surface area contributed by atoms with Crippen molar-refractivity contribution in [3.63, 3.8) is 0 Å². The number of amides is 2. The van der Waals surface area contributed by atoms with Gasteiger partial charge < -0.3 is 4.74 Å². The van der Waals surface area contributed by atoms with E-state index in [1.165, 1.54) is 12.0 Å². The molecule has 170 valence electrons. The first-order valence-electron chi connectivity index (χ1n) is 11.2. The third-order valence-electron chi connectivity index (χ3n) is 6.49. The molecule has 1 aromatic rings. The van der Waals surface area contributed by atoms with Crippen LogP contribution in [0.2, 0.25) is 0 Å². The van der Waals surface area contributed by atoms with Crippen LogP contribution in [0.15, 0.2) is 29.2 Å². The minimum atomic E-state index is -1.21. The minimum absolute atomic E-state index is 0.138. The lowest BCUT2D eigenvalue weighted by molar-refractivity contribution is -0.155. The summed E-state index contributed by atoms with van der Waals surface area (Å²) in [6.07, 6.45) is 1.51. The van der Waals surface area contributed by atoms with Gasteiger partial charge in [-0.1, -0.05) is 39.8 Å². The zero-order valence-electron chi connectivity index (χ0n) is 19.3. The lowest BCUT2D eigenvalue weighted by Crippen LogP contribution is -2.57. The zero-order valence-corrected chi connectivity index (χ0v) is 20.1. The van der Waals surface area contributed by atoms with Crippen LogP contribution in [0.5, 0.6) is 0 Å². The number of nitrogens with zero attached hydrogens (tertiary/aromatic N) is 1. The second-order valence-corrected chi connectivity index (χ2v) is 10.5. The summed E-state index contributed by atoms with van der Waals surface area (Å²) in [4.78, 5) is 42.1. The highest BCUT2D eigenvalue weighted by Crippen LogP contribution is 2.51. The van der Waals surface area contributed by atoms with E-state index >= 15 is 0 Å². The summed E-state index contributed by atoms with van der Waals surface area (Å²) in [6.45, 7) is 10.5. The number of rotatable bonds is 8. The quantitative estimate of drug-likeness (QED) is 0.372. The second-order valence-electron chi connectivity index (χ2n) is 9.01. The first-order valence-corrected chi connectivity index (χ1v) is 12.1. The van der Waals surface area contributed by atoms with Crippen LogP contribution in [0, 0.1) is 17.8 Å². The highest BCUT2D eigenvalue weighted by Gasteiger charge is 2.68. The molecule has 0 aromatic heterocycles. The number of likely N-dealkylation sites (tertiary alicyclic amines) is 1. The molecule has 0 saturated carbocycles. The van der Waals surface area contributed by atoms with Gasteiger partial charge in [-0.15, -0.1) is 11.8 Å². The Morgan fingerprint density at radius 2 is 1.81 bits per heavy atom. The summed E-state index contributed by atoms with van der Waals surface area (Å²) in [6, 6.07) is 7.71. The van der Waals surface area contributed by atoms with Crippen LogP contribution in [0.3, 0.4) is 0 Å². The van der Waals surface area contributed by atoms with Crippen LogP contribution < -0.4 is 5.32 Å².